The second-order valence-corrected chi connectivity index (χ2v) is 8.80. The molecular formula is C22H25N3O2S. The highest BCUT2D eigenvalue weighted by Gasteiger charge is 2.26. The van der Waals surface area contributed by atoms with Crippen LogP contribution >= 0.6 is 11.3 Å². The maximum absolute atomic E-state index is 13.3. The third-order valence-electron chi connectivity index (χ3n) is 5.37. The first kappa shape index (κ1) is 18.7. The number of aryl methyl sites for hydroxylation is 2. The summed E-state index contributed by atoms with van der Waals surface area (Å²) in [6.07, 6.45) is 0. The quantitative estimate of drug-likeness (QED) is 0.679. The van der Waals surface area contributed by atoms with Crippen LogP contribution in [0.5, 0.6) is 0 Å². The van der Waals surface area contributed by atoms with E-state index in [0.29, 0.717) is 32.7 Å². The lowest BCUT2D eigenvalue weighted by molar-refractivity contribution is -0.130. The van der Waals surface area contributed by atoms with Gasteiger partial charge in [-0.15, -0.1) is 11.3 Å². The molecule has 5 nitrogen and oxygen atoms in total. The molecule has 0 unspecified atom stereocenters. The minimum absolute atomic E-state index is 0.0527. The number of aromatic nitrogens is 1. The smallest absolute Gasteiger partial charge is 0.270 e. The van der Waals surface area contributed by atoms with Crippen LogP contribution < -0.4 is 0 Å². The van der Waals surface area contributed by atoms with E-state index in [1.165, 1.54) is 16.0 Å². The predicted molar refractivity (Wildman–Crippen MR) is 113 cm³/mol. The van der Waals surface area contributed by atoms with Crippen LogP contribution in [0.3, 0.4) is 0 Å². The van der Waals surface area contributed by atoms with E-state index in [0.717, 1.165) is 15.9 Å². The van der Waals surface area contributed by atoms with Gasteiger partial charge in [0.2, 0.25) is 5.91 Å². The van der Waals surface area contributed by atoms with Gasteiger partial charge in [0, 0.05) is 44.5 Å². The van der Waals surface area contributed by atoms with Crippen molar-refractivity contribution >= 4 is 33.4 Å². The van der Waals surface area contributed by atoms with E-state index < -0.39 is 0 Å². The summed E-state index contributed by atoms with van der Waals surface area (Å²) in [5.41, 5.74) is 4.26. The van der Waals surface area contributed by atoms with Gasteiger partial charge in [0.05, 0.1) is 10.2 Å². The molecule has 0 aliphatic carbocycles. The Morgan fingerprint density at radius 2 is 1.71 bits per heavy atom. The second-order valence-electron chi connectivity index (χ2n) is 7.51. The van der Waals surface area contributed by atoms with Crippen molar-refractivity contribution in [2.24, 2.45) is 0 Å². The number of hydrogen-bond donors (Lipinski definition) is 0. The fourth-order valence-corrected chi connectivity index (χ4v) is 4.85. The third kappa shape index (κ3) is 3.56. The average Bonchev–Trinajstić information content (AvgIpc) is 3.18. The molecule has 0 bridgehead atoms. The maximum atomic E-state index is 13.3. The molecule has 3 aromatic rings. The predicted octanol–water partition coefficient (Wildman–Crippen LogP) is 3.67. The van der Waals surface area contributed by atoms with Gasteiger partial charge in [-0.3, -0.25) is 9.59 Å². The standard InChI is InChI=1S/C22H25N3O2S/c1-15-5-4-6-18(11-15)14-25-19-12-16(2)28-21(19)13-20(25)22(27)24-9-7-23(8-10-24)17(3)26/h4-6,11-13H,7-10,14H2,1-3H3. The van der Waals surface area contributed by atoms with Crippen LogP contribution in [0.15, 0.2) is 36.4 Å². The fourth-order valence-electron chi connectivity index (χ4n) is 3.89. The lowest BCUT2D eigenvalue weighted by Crippen LogP contribution is -2.50. The number of benzene rings is 1. The SMILES string of the molecule is CC(=O)N1CCN(C(=O)c2cc3sc(C)cc3n2Cc2cccc(C)c2)CC1. The highest BCUT2D eigenvalue weighted by atomic mass is 32.1. The van der Waals surface area contributed by atoms with Crippen LogP contribution in [-0.4, -0.2) is 52.4 Å². The summed E-state index contributed by atoms with van der Waals surface area (Å²) in [7, 11) is 0. The first-order valence-electron chi connectivity index (χ1n) is 9.62. The van der Waals surface area contributed by atoms with Gasteiger partial charge < -0.3 is 14.4 Å². The summed E-state index contributed by atoms with van der Waals surface area (Å²) in [5.74, 6) is 0.128. The van der Waals surface area contributed by atoms with E-state index in [9.17, 15) is 9.59 Å². The van der Waals surface area contributed by atoms with Gasteiger partial charge in [-0.2, -0.15) is 0 Å². The Hall–Kier alpha value is -2.60. The monoisotopic (exact) mass is 395 g/mol. The van der Waals surface area contributed by atoms with Crippen molar-refractivity contribution in [3.63, 3.8) is 0 Å². The normalized spacial score (nSPS) is 14.7. The Labute approximate surface area is 169 Å². The number of hydrogen-bond acceptors (Lipinski definition) is 3. The Balaban J connectivity index is 1.66. The summed E-state index contributed by atoms with van der Waals surface area (Å²) < 4.78 is 3.30. The lowest BCUT2D eigenvalue weighted by Gasteiger charge is -2.34. The molecule has 1 fully saturated rings. The van der Waals surface area contributed by atoms with Gasteiger partial charge in [-0.25, -0.2) is 0 Å². The van der Waals surface area contributed by atoms with Gasteiger partial charge in [0.1, 0.15) is 5.69 Å². The molecule has 28 heavy (non-hydrogen) atoms. The number of fused-ring (bicyclic) bond motifs is 1. The highest BCUT2D eigenvalue weighted by molar-refractivity contribution is 7.19. The lowest BCUT2D eigenvalue weighted by atomic mass is 10.1. The number of thiophene rings is 1. The molecule has 0 atom stereocenters. The second kappa shape index (κ2) is 7.43. The molecule has 1 saturated heterocycles. The Kier molecular flexibility index (Phi) is 4.98. The minimum atomic E-state index is 0.0527. The summed E-state index contributed by atoms with van der Waals surface area (Å²) in [4.78, 5) is 29.8. The number of carbonyl (C=O) groups is 2. The minimum Gasteiger partial charge on any atom is -0.339 e. The molecule has 4 rings (SSSR count). The fraction of sp³-hybridized carbons (Fsp3) is 0.364. The zero-order chi connectivity index (χ0) is 19.8. The van der Waals surface area contributed by atoms with Gasteiger partial charge in [0.25, 0.3) is 5.91 Å². The van der Waals surface area contributed by atoms with Crippen molar-refractivity contribution in [2.75, 3.05) is 26.2 Å². The van der Waals surface area contributed by atoms with Crippen LogP contribution in [-0.2, 0) is 11.3 Å². The molecule has 1 aliphatic rings. The summed E-state index contributed by atoms with van der Waals surface area (Å²) in [6, 6.07) is 12.6. The van der Waals surface area contributed by atoms with Crippen LogP contribution in [0, 0.1) is 13.8 Å². The molecule has 2 aromatic heterocycles. The van der Waals surface area contributed by atoms with Gasteiger partial charge in [0.15, 0.2) is 0 Å². The first-order chi connectivity index (χ1) is 13.4. The van der Waals surface area contributed by atoms with E-state index in [4.69, 9.17) is 0 Å². The van der Waals surface area contributed by atoms with Gasteiger partial charge in [-0.05, 0) is 31.5 Å². The van der Waals surface area contributed by atoms with Crippen molar-refractivity contribution in [2.45, 2.75) is 27.3 Å². The zero-order valence-electron chi connectivity index (χ0n) is 16.6. The van der Waals surface area contributed by atoms with Crippen LogP contribution in [0.2, 0.25) is 0 Å². The van der Waals surface area contributed by atoms with Gasteiger partial charge >= 0.3 is 0 Å². The Bertz CT molecular complexity index is 1040. The van der Waals surface area contributed by atoms with E-state index in [-0.39, 0.29) is 11.8 Å². The number of rotatable bonds is 3. The molecule has 0 spiro atoms. The molecule has 2 amide bonds. The maximum Gasteiger partial charge on any atom is 0.270 e. The van der Waals surface area contributed by atoms with Crippen LogP contribution in [0.1, 0.15) is 33.4 Å². The van der Waals surface area contributed by atoms with E-state index in [1.807, 2.05) is 11.0 Å². The average molecular weight is 396 g/mol. The topological polar surface area (TPSA) is 45.6 Å². The molecule has 6 heteroatoms. The van der Waals surface area contributed by atoms with Crippen molar-refractivity contribution in [3.8, 4) is 0 Å². The third-order valence-corrected chi connectivity index (χ3v) is 6.35. The number of amides is 2. The number of carbonyl (C=O) groups excluding carboxylic acids is 2. The van der Waals surface area contributed by atoms with Crippen molar-refractivity contribution < 1.29 is 9.59 Å². The molecule has 0 saturated carbocycles. The van der Waals surface area contributed by atoms with E-state index in [1.54, 1.807) is 23.2 Å². The van der Waals surface area contributed by atoms with Gasteiger partial charge in [-0.1, -0.05) is 29.8 Å². The summed E-state index contributed by atoms with van der Waals surface area (Å²) in [5, 5.41) is 0. The molecule has 0 radical (unpaired) electrons. The summed E-state index contributed by atoms with van der Waals surface area (Å²) >= 11 is 1.72. The van der Waals surface area contributed by atoms with E-state index in [2.05, 4.69) is 48.7 Å². The van der Waals surface area contributed by atoms with E-state index >= 15 is 0 Å². The Morgan fingerprint density at radius 1 is 1.00 bits per heavy atom. The largest absolute Gasteiger partial charge is 0.339 e. The molecule has 1 aromatic carbocycles. The number of nitrogens with zero attached hydrogens (tertiary/aromatic N) is 3. The molecular weight excluding hydrogens is 370 g/mol. The van der Waals surface area contributed by atoms with Crippen molar-refractivity contribution in [1.29, 1.82) is 0 Å². The number of piperazine rings is 1. The molecule has 0 N–H and O–H groups in total. The molecule has 1 aliphatic heterocycles. The Morgan fingerprint density at radius 3 is 2.39 bits per heavy atom. The van der Waals surface area contributed by atoms with Crippen molar-refractivity contribution in [3.05, 3.63) is 58.1 Å². The highest BCUT2D eigenvalue weighted by Crippen LogP contribution is 2.30. The van der Waals surface area contributed by atoms with Crippen LogP contribution in [0.4, 0.5) is 0 Å². The first-order valence-corrected chi connectivity index (χ1v) is 10.4. The molecule has 146 valence electrons. The van der Waals surface area contributed by atoms with Crippen molar-refractivity contribution in [1.82, 2.24) is 14.4 Å². The summed E-state index contributed by atoms with van der Waals surface area (Å²) in [6.45, 7) is 8.83. The molecule has 3 heterocycles. The van der Waals surface area contributed by atoms with Crippen LogP contribution in [0.25, 0.3) is 10.2 Å². The zero-order valence-corrected chi connectivity index (χ0v) is 17.4.